The summed E-state index contributed by atoms with van der Waals surface area (Å²) in [6, 6.07) is 12.6. The predicted molar refractivity (Wildman–Crippen MR) is 119 cm³/mol. The van der Waals surface area contributed by atoms with Crippen LogP contribution in [0.25, 0.3) is 11.0 Å². The monoisotopic (exact) mass is 390 g/mol. The number of carbonyl (C=O) groups excluding carboxylic acids is 1. The number of rotatable bonds is 5. The van der Waals surface area contributed by atoms with Crippen molar-refractivity contribution in [1.82, 2.24) is 15.3 Å². The summed E-state index contributed by atoms with van der Waals surface area (Å²) in [6.45, 7) is 6.86. The molecule has 2 amide bonds. The van der Waals surface area contributed by atoms with Crippen LogP contribution in [0.15, 0.2) is 36.4 Å². The molecule has 2 N–H and O–H groups in total. The molecular weight excluding hydrogens is 360 g/mol. The molecule has 1 heterocycles. The Morgan fingerprint density at radius 3 is 2.59 bits per heavy atom. The lowest BCUT2D eigenvalue weighted by atomic mass is 10.1. The van der Waals surface area contributed by atoms with Crippen LogP contribution in [0.3, 0.4) is 0 Å². The van der Waals surface area contributed by atoms with E-state index in [1.165, 1.54) is 24.0 Å². The molecule has 1 aliphatic rings. The van der Waals surface area contributed by atoms with Gasteiger partial charge in [0.2, 0.25) is 0 Å². The standard InChI is InChI=1S/C24H30N4O/c1-16-8-4-7-11-22(16)28(24(29)25-19-9-5-6-10-19)13-12-23-26-20-14-17(2)18(3)15-21(20)27-23/h4,7-8,11,14-15,19H,5-6,9-10,12-13H2,1-3H3,(H,25,29)(H,26,27). The highest BCUT2D eigenvalue weighted by Gasteiger charge is 2.23. The maximum Gasteiger partial charge on any atom is 0.322 e. The third-order valence-corrected chi connectivity index (χ3v) is 6.05. The van der Waals surface area contributed by atoms with Gasteiger partial charge in [0.05, 0.1) is 11.0 Å². The molecule has 0 spiro atoms. The number of para-hydroxylation sites is 1. The summed E-state index contributed by atoms with van der Waals surface area (Å²) in [5.41, 5.74) is 6.61. The first-order chi connectivity index (χ1) is 14.0. The fourth-order valence-electron chi connectivity index (χ4n) is 4.18. The van der Waals surface area contributed by atoms with Crippen molar-refractivity contribution in [2.45, 2.75) is 58.9 Å². The van der Waals surface area contributed by atoms with E-state index in [0.29, 0.717) is 19.0 Å². The first-order valence-electron chi connectivity index (χ1n) is 10.6. The van der Waals surface area contributed by atoms with Gasteiger partial charge in [0.15, 0.2) is 0 Å². The van der Waals surface area contributed by atoms with E-state index in [1.807, 2.05) is 23.1 Å². The first kappa shape index (κ1) is 19.5. The minimum atomic E-state index is -0.00556. The van der Waals surface area contributed by atoms with Crippen molar-refractivity contribution in [3.63, 3.8) is 0 Å². The average molecular weight is 391 g/mol. The average Bonchev–Trinajstić information content (AvgIpc) is 3.33. The van der Waals surface area contributed by atoms with E-state index in [-0.39, 0.29) is 6.03 Å². The number of fused-ring (bicyclic) bond motifs is 1. The Balaban J connectivity index is 1.55. The molecular formula is C24H30N4O. The molecule has 0 bridgehead atoms. The molecule has 152 valence electrons. The highest BCUT2D eigenvalue weighted by atomic mass is 16.2. The van der Waals surface area contributed by atoms with E-state index in [0.717, 1.165) is 41.0 Å². The summed E-state index contributed by atoms with van der Waals surface area (Å²) >= 11 is 0. The summed E-state index contributed by atoms with van der Waals surface area (Å²) in [5.74, 6) is 0.914. The lowest BCUT2D eigenvalue weighted by Crippen LogP contribution is -2.45. The van der Waals surface area contributed by atoms with E-state index >= 15 is 0 Å². The maximum absolute atomic E-state index is 13.1. The van der Waals surface area contributed by atoms with Crippen LogP contribution in [0, 0.1) is 20.8 Å². The van der Waals surface area contributed by atoms with Crippen molar-refractivity contribution >= 4 is 22.8 Å². The third-order valence-electron chi connectivity index (χ3n) is 6.05. The van der Waals surface area contributed by atoms with Crippen LogP contribution in [0.2, 0.25) is 0 Å². The number of urea groups is 1. The number of hydrogen-bond donors (Lipinski definition) is 2. The molecule has 2 aromatic carbocycles. The summed E-state index contributed by atoms with van der Waals surface area (Å²) in [4.78, 5) is 23.2. The molecule has 0 aliphatic heterocycles. The number of H-pyrrole nitrogens is 1. The smallest absolute Gasteiger partial charge is 0.322 e. The van der Waals surface area contributed by atoms with Crippen LogP contribution in [-0.2, 0) is 6.42 Å². The Morgan fingerprint density at radius 2 is 1.83 bits per heavy atom. The van der Waals surface area contributed by atoms with Crippen molar-refractivity contribution in [1.29, 1.82) is 0 Å². The number of nitrogens with one attached hydrogen (secondary N) is 2. The SMILES string of the molecule is Cc1cc2nc(CCN(C(=O)NC3CCCC3)c3ccccc3C)[nH]c2cc1C. The van der Waals surface area contributed by atoms with Gasteiger partial charge in [-0.15, -0.1) is 0 Å². The number of carbonyl (C=O) groups is 1. The zero-order valence-electron chi connectivity index (χ0n) is 17.6. The topological polar surface area (TPSA) is 61.0 Å². The first-order valence-corrected chi connectivity index (χ1v) is 10.6. The van der Waals surface area contributed by atoms with Crippen molar-refractivity contribution in [2.75, 3.05) is 11.4 Å². The van der Waals surface area contributed by atoms with E-state index in [2.05, 4.69) is 49.3 Å². The molecule has 0 saturated heterocycles. The van der Waals surface area contributed by atoms with Crippen molar-refractivity contribution < 1.29 is 4.79 Å². The largest absolute Gasteiger partial charge is 0.342 e. The number of imidazole rings is 1. The van der Waals surface area contributed by atoms with Gasteiger partial charge in [-0.2, -0.15) is 0 Å². The molecule has 1 aromatic heterocycles. The number of nitrogens with zero attached hydrogens (tertiary/aromatic N) is 2. The van der Waals surface area contributed by atoms with Gasteiger partial charge < -0.3 is 10.3 Å². The van der Waals surface area contributed by atoms with Gasteiger partial charge in [-0.05, 0) is 68.5 Å². The zero-order valence-corrected chi connectivity index (χ0v) is 17.6. The van der Waals surface area contributed by atoms with Crippen molar-refractivity contribution in [2.24, 2.45) is 0 Å². The lowest BCUT2D eigenvalue weighted by molar-refractivity contribution is 0.242. The Labute approximate surface area is 172 Å². The van der Waals surface area contributed by atoms with Gasteiger partial charge >= 0.3 is 6.03 Å². The van der Waals surface area contributed by atoms with E-state index < -0.39 is 0 Å². The number of aryl methyl sites for hydroxylation is 3. The number of benzene rings is 2. The number of hydrogen-bond acceptors (Lipinski definition) is 2. The van der Waals surface area contributed by atoms with Crippen LogP contribution >= 0.6 is 0 Å². The van der Waals surface area contributed by atoms with Gasteiger partial charge in [-0.1, -0.05) is 31.0 Å². The highest BCUT2D eigenvalue weighted by molar-refractivity contribution is 5.93. The van der Waals surface area contributed by atoms with Crippen LogP contribution in [0.1, 0.15) is 48.2 Å². The number of amides is 2. The summed E-state index contributed by atoms with van der Waals surface area (Å²) in [5, 5.41) is 3.24. The molecule has 0 unspecified atom stereocenters. The van der Waals surface area contributed by atoms with Crippen LogP contribution in [-0.4, -0.2) is 28.6 Å². The fraction of sp³-hybridized carbons (Fsp3) is 0.417. The van der Waals surface area contributed by atoms with Gasteiger partial charge in [-0.3, -0.25) is 4.90 Å². The second-order valence-electron chi connectivity index (χ2n) is 8.26. The van der Waals surface area contributed by atoms with Gasteiger partial charge in [0.1, 0.15) is 5.82 Å². The van der Waals surface area contributed by atoms with E-state index in [1.54, 1.807) is 0 Å². The molecule has 5 heteroatoms. The normalized spacial score (nSPS) is 14.4. The molecule has 4 rings (SSSR count). The van der Waals surface area contributed by atoms with Crippen LogP contribution < -0.4 is 10.2 Å². The number of aromatic amines is 1. The molecule has 1 saturated carbocycles. The van der Waals surface area contributed by atoms with Gasteiger partial charge in [0, 0.05) is 24.7 Å². The molecule has 29 heavy (non-hydrogen) atoms. The van der Waals surface area contributed by atoms with Crippen LogP contribution in [0.5, 0.6) is 0 Å². The third kappa shape index (κ3) is 4.29. The van der Waals surface area contributed by atoms with Crippen molar-refractivity contribution in [3.8, 4) is 0 Å². The minimum Gasteiger partial charge on any atom is -0.342 e. The molecule has 0 atom stereocenters. The second kappa shape index (κ2) is 8.27. The van der Waals surface area contributed by atoms with Gasteiger partial charge in [0.25, 0.3) is 0 Å². The molecule has 3 aromatic rings. The van der Waals surface area contributed by atoms with E-state index in [4.69, 9.17) is 4.98 Å². The minimum absolute atomic E-state index is 0.00556. The Morgan fingerprint density at radius 1 is 1.10 bits per heavy atom. The quantitative estimate of drug-likeness (QED) is 0.630. The second-order valence-corrected chi connectivity index (χ2v) is 8.26. The van der Waals surface area contributed by atoms with Crippen LogP contribution in [0.4, 0.5) is 10.5 Å². The zero-order chi connectivity index (χ0) is 20.4. The Bertz CT molecular complexity index is 978. The predicted octanol–water partition coefficient (Wildman–Crippen LogP) is 5.19. The summed E-state index contributed by atoms with van der Waals surface area (Å²) in [6.07, 6.45) is 5.24. The Hall–Kier alpha value is -2.82. The van der Waals surface area contributed by atoms with Gasteiger partial charge in [-0.25, -0.2) is 9.78 Å². The highest BCUT2D eigenvalue weighted by Crippen LogP contribution is 2.23. The van der Waals surface area contributed by atoms with E-state index in [9.17, 15) is 4.79 Å². The summed E-state index contributed by atoms with van der Waals surface area (Å²) in [7, 11) is 0. The molecule has 0 radical (unpaired) electrons. The summed E-state index contributed by atoms with van der Waals surface area (Å²) < 4.78 is 0. The number of aromatic nitrogens is 2. The molecule has 1 aliphatic carbocycles. The van der Waals surface area contributed by atoms with Crippen molar-refractivity contribution in [3.05, 3.63) is 58.9 Å². The maximum atomic E-state index is 13.1. The lowest BCUT2D eigenvalue weighted by Gasteiger charge is -2.26. The molecule has 1 fully saturated rings. The fourth-order valence-corrected chi connectivity index (χ4v) is 4.18. The molecule has 5 nitrogen and oxygen atoms in total. The number of anilines is 1. The Kier molecular flexibility index (Phi) is 5.56.